The van der Waals surface area contributed by atoms with Gasteiger partial charge in [0, 0.05) is 6.61 Å². The van der Waals surface area contributed by atoms with E-state index in [0.717, 1.165) is 25.7 Å². The first-order chi connectivity index (χ1) is 8.24. The molecule has 17 heavy (non-hydrogen) atoms. The molecule has 1 fully saturated rings. The number of aromatic nitrogens is 2. The third kappa shape index (κ3) is 3.04. The van der Waals surface area contributed by atoms with E-state index in [1.54, 1.807) is 0 Å². The Balaban J connectivity index is 2.06. The van der Waals surface area contributed by atoms with Gasteiger partial charge in [0.25, 0.3) is 0 Å². The van der Waals surface area contributed by atoms with Crippen LogP contribution in [-0.4, -0.2) is 16.7 Å². The van der Waals surface area contributed by atoms with Gasteiger partial charge < -0.3 is 15.0 Å². The van der Waals surface area contributed by atoms with E-state index in [2.05, 4.69) is 10.1 Å². The van der Waals surface area contributed by atoms with Gasteiger partial charge in [-0.25, -0.2) is 0 Å². The van der Waals surface area contributed by atoms with E-state index in [1.807, 2.05) is 6.92 Å². The number of hydrogen-bond donors (Lipinski definition) is 1. The Kier molecular flexibility index (Phi) is 4.12. The van der Waals surface area contributed by atoms with E-state index in [1.165, 1.54) is 12.8 Å². The fourth-order valence-electron chi connectivity index (χ4n) is 2.28. The molecule has 0 bridgehead atoms. The molecule has 2 N–H and O–H groups in total. The van der Waals surface area contributed by atoms with Crippen molar-refractivity contribution in [3.63, 3.8) is 0 Å². The monoisotopic (exact) mass is 239 g/mol. The van der Waals surface area contributed by atoms with Crippen LogP contribution in [0.25, 0.3) is 0 Å². The van der Waals surface area contributed by atoms with Crippen LogP contribution in [0.2, 0.25) is 0 Å². The van der Waals surface area contributed by atoms with E-state index in [9.17, 15) is 0 Å². The number of rotatable bonds is 4. The summed E-state index contributed by atoms with van der Waals surface area (Å²) in [4.78, 5) is 4.36. The molecule has 1 aromatic rings. The largest absolute Gasteiger partial charge is 0.374 e. The first-order valence-corrected chi connectivity index (χ1v) is 6.44. The summed E-state index contributed by atoms with van der Waals surface area (Å²) in [6.45, 7) is 2.99. The molecule has 5 heteroatoms. The lowest BCUT2D eigenvalue weighted by atomic mass is 9.91. The molecule has 0 aromatic carbocycles. The number of ether oxygens (including phenoxy) is 1. The molecule has 1 aromatic heterocycles. The number of nitrogens with two attached hydrogens (primary N) is 1. The van der Waals surface area contributed by atoms with Crippen molar-refractivity contribution in [2.24, 2.45) is 5.73 Å². The van der Waals surface area contributed by atoms with Gasteiger partial charge >= 0.3 is 0 Å². The number of hydrogen-bond acceptors (Lipinski definition) is 5. The second kappa shape index (κ2) is 5.60. The summed E-state index contributed by atoms with van der Waals surface area (Å²) in [5.41, 5.74) is 5.96. The summed E-state index contributed by atoms with van der Waals surface area (Å²) in [5, 5.41) is 3.91. The second-order valence-electron chi connectivity index (χ2n) is 4.72. The average Bonchev–Trinajstić information content (AvgIpc) is 2.70. The highest BCUT2D eigenvalue weighted by atomic mass is 16.5. The van der Waals surface area contributed by atoms with Crippen LogP contribution in [0, 0.1) is 0 Å². The minimum atomic E-state index is -0.423. The zero-order chi connectivity index (χ0) is 12.1. The molecule has 0 unspecified atom stereocenters. The molecular formula is C12H21N3O2. The van der Waals surface area contributed by atoms with Gasteiger partial charge in [0.05, 0.1) is 5.54 Å². The third-order valence-electron chi connectivity index (χ3n) is 3.33. The molecule has 0 saturated heterocycles. The van der Waals surface area contributed by atoms with Crippen LogP contribution in [0.15, 0.2) is 4.52 Å². The maximum Gasteiger partial charge on any atom is 0.246 e. The molecular weight excluding hydrogens is 218 g/mol. The van der Waals surface area contributed by atoms with E-state index < -0.39 is 5.54 Å². The maximum absolute atomic E-state index is 6.39. The van der Waals surface area contributed by atoms with Gasteiger partial charge in [-0.3, -0.25) is 0 Å². The summed E-state index contributed by atoms with van der Waals surface area (Å²) >= 11 is 0. The predicted molar refractivity (Wildman–Crippen MR) is 63.2 cm³/mol. The van der Waals surface area contributed by atoms with E-state index in [4.69, 9.17) is 15.0 Å². The van der Waals surface area contributed by atoms with Crippen LogP contribution < -0.4 is 5.73 Å². The second-order valence-corrected chi connectivity index (χ2v) is 4.72. The highest BCUT2D eigenvalue weighted by Crippen LogP contribution is 2.32. The topological polar surface area (TPSA) is 74.2 Å². The van der Waals surface area contributed by atoms with Crippen molar-refractivity contribution in [3.05, 3.63) is 11.7 Å². The van der Waals surface area contributed by atoms with Crippen LogP contribution >= 0.6 is 0 Å². The molecule has 0 spiro atoms. The van der Waals surface area contributed by atoms with Gasteiger partial charge in [0.15, 0.2) is 5.82 Å². The first kappa shape index (κ1) is 12.5. The van der Waals surface area contributed by atoms with Gasteiger partial charge in [-0.1, -0.05) is 30.8 Å². The summed E-state index contributed by atoms with van der Waals surface area (Å²) < 4.78 is 10.5. The van der Waals surface area contributed by atoms with Crippen molar-refractivity contribution in [1.82, 2.24) is 10.1 Å². The smallest absolute Gasteiger partial charge is 0.246 e. The highest BCUT2D eigenvalue weighted by Gasteiger charge is 2.34. The third-order valence-corrected chi connectivity index (χ3v) is 3.33. The lowest BCUT2D eigenvalue weighted by Crippen LogP contribution is -2.36. The van der Waals surface area contributed by atoms with Crippen LogP contribution in [0.4, 0.5) is 0 Å². The van der Waals surface area contributed by atoms with Crippen molar-refractivity contribution in [1.29, 1.82) is 0 Å². The molecule has 96 valence electrons. The molecule has 1 heterocycles. The van der Waals surface area contributed by atoms with Crippen molar-refractivity contribution in [3.8, 4) is 0 Å². The van der Waals surface area contributed by atoms with Crippen molar-refractivity contribution in [2.75, 3.05) is 6.61 Å². The minimum Gasteiger partial charge on any atom is -0.374 e. The normalized spacial score (nSPS) is 20.1. The summed E-state index contributed by atoms with van der Waals surface area (Å²) in [5.74, 6) is 1.17. The van der Waals surface area contributed by atoms with E-state index >= 15 is 0 Å². The van der Waals surface area contributed by atoms with Crippen molar-refractivity contribution >= 4 is 0 Å². The maximum atomic E-state index is 6.39. The Bertz CT molecular complexity index is 343. The first-order valence-electron chi connectivity index (χ1n) is 6.44. The molecule has 2 rings (SSSR count). The lowest BCUT2D eigenvalue weighted by Gasteiger charge is -2.22. The van der Waals surface area contributed by atoms with Crippen LogP contribution in [-0.2, 0) is 16.9 Å². The zero-order valence-electron chi connectivity index (χ0n) is 10.4. The quantitative estimate of drug-likeness (QED) is 0.814. The molecule has 1 saturated carbocycles. The van der Waals surface area contributed by atoms with E-state index in [0.29, 0.717) is 24.9 Å². The SMILES string of the molecule is CCOCc1noc(C2(N)CCCCCC2)n1. The Morgan fingerprint density at radius 3 is 2.65 bits per heavy atom. The summed E-state index contributed by atoms with van der Waals surface area (Å²) in [6, 6.07) is 0. The lowest BCUT2D eigenvalue weighted by molar-refractivity contribution is 0.126. The van der Waals surface area contributed by atoms with Gasteiger partial charge in [0.2, 0.25) is 5.89 Å². The van der Waals surface area contributed by atoms with Gasteiger partial charge in [-0.05, 0) is 19.8 Å². The van der Waals surface area contributed by atoms with Crippen LogP contribution in [0.5, 0.6) is 0 Å². The molecule has 0 atom stereocenters. The summed E-state index contributed by atoms with van der Waals surface area (Å²) in [7, 11) is 0. The molecule has 0 amide bonds. The Morgan fingerprint density at radius 1 is 1.29 bits per heavy atom. The molecule has 1 aliphatic carbocycles. The van der Waals surface area contributed by atoms with Crippen molar-refractivity contribution in [2.45, 2.75) is 57.6 Å². The predicted octanol–water partition coefficient (Wildman–Crippen LogP) is 2.11. The average molecular weight is 239 g/mol. The Morgan fingerprint density at radius 2 is 2.00 bits per heavy atom. The van der Waals surface area contributed by atoms with Crippen LogP contribution in [0.3, 0.4) is 0 Å². The molecule has 1 aliphatic rings. The molecule has 0 aliphatic heterocycles. The zero-order valence-corrected chi connectivity index (χ0v) is 10.4. The molecule has 5 nitrogen and oxygen atoms in total. The van der Waals surface area contributed by atoms with Crippen molar-refractivity contribution < 1.29 is 9.26 Å². The van der Waals surface area contributed by atoms with Crippen LogP contribution in [0.1, 0.15) is 57.2 Å². The standard InChI is InChI=1S/C12H21N3O2/c1-2-16-9-10-14-11(17-15-10)12(13)7-5-3-4-6-8-12/h2-9,13H2,1H3. The number of nitrogens with zero attached hydrogens (tertiary/aromatic N) is 2. The van der Waals surface area contributed by atoms with Gasteiger partial charge in [-0.15, -0.1) is 0 Å². The summed E-state index contributed by atoms with van der Waals surface area (Å²) in [6.07, 6.45) is 6.64. The fraction of sp³-hybridized carbons (Fsp3) is 0.833. The fourth-order valence-corrected chi connectivity index (χ4v) is 2.28. The Labute approximate surface area is 102 Å². The van der Waals surface area contributed by atoms with Gasteiger partial charge in [-0.2, -0.15) is 4.98 Å². The molecule has 0 radical (unpaired) electrons. The highest BCUT2D eigenvalue weighted by molar-refractivity contribution is 5.02. The van der Waals surface area contributed by atoms with Gasteiger partial charge in [0.1, 0.15) is 6.61 Å². The van der Waals surface area contributed by atoms with E-state index in [-0.39, 0.29) is 0 Å². The Hall–Kier alpha value is -0.940. The minimum absolute atomic E-state index is 0.399.